The Balaban J connectivity index is 2.00. The molecular formula is C30H46N4O8. The SMILES string of the molecule is C=CC(=N/C(=C\C)C(CCC)N1CCOCCOCCN(Cc2cccc(C(=O)O)n2)CCOCCOCC1)C(=O)O. The first-order valence-corrected chi connectivity index (χ1v) is 14.5. The summed E-state index contributed by atoms with van der Waals surface area (Å²) in [6.45, 7) is 14.1. The fourth-order valence-electron chi connectivity index (χ4n) is 4.45. The summed E-state index contributed by atoms with van der Waals surface area (Å²) in [6.07, 6.45) is 4.80. The third kappa shape index (κ3) is 13.3. The molecule has 2 rings (SSSR count). The Kier molecular flexibility index (Phi) is 17.4. The molecule has 0 radical (unpaired) electrons. The summed E-state index contributed by atoms with van der Waals surface area (Å²) in [4.78, 5) is 35.8. The second kappa shape index (κ2) is 20.8. The van der Waals surface area contributed by atoms with Crippen molar-refractivity contribution in [1.82, 2.24) is 14.8 Å². The Morgan fingerprint density at radius 1 is 0.976 bits per heavy atom. The standard InChI is InChI=1S/C30H46N4O8/c1-4-8-28(25(5-2)32-26(6-3)29(35)36)34-13-17-41-21-19-39-15-11-33(12-16-40-20-22-42-18-14-34)23-24-9-7-10-27(31-24)30(37)38/h5-7,9-10,28H,3-4,8,11-23H2,1-2H3,(H,35,36)(H,37,38)/b25-5-,32-26?. The van der Waals surface area contributed by atoms with Crippen molar-refractivity contribution in [3.8, 4) is 0 Å². The van der Waals surface area contributed by atoms with Crippen molar-refractivity contribution in [3.63, 3.8) is 0 Å². The van der Waals surface area contributed by atoms with Crippen LogP contribution in [0.4, 0.5) is 0 Å². The van der Waals surface area contributed by atoms with Crippen LogP contribution in [0, 0.1) is 0 Å². The van der Waals surface area contributed by atoms with Gasteiger partial charge in [-0.25, -0.2) is 19.6 Å². The van der Waals surface area contributed by atoms with E-state index in [4.69, 9.17) is 18.9 Å². The van der Waals surface area contributed by atoms with E-state index in [1.165, 1.54) is 12.1 Å². The normalized spacial score (nSPS) is 19.4. The maximum atomic E-state index is 11.6. The topological polar surface area (TPSA) is 143 Å². The van der Waals surface area contributed by atoms with E-state index >= 15 is 0 Å². The van der Waals surface area contributed by atoms with Crippen LogP contribution in [0.15, 0.2) is 47.6 Å². The number of hydrogen-bond acceptors (Lipinski definition) is 10. The van der Waals surface area contributed by atoms with Crippen molar-refractivity contribution in [1.29, 1.82) is 0 Å². The van der Waals surface area contributed by atoms with E-state index in [0.29, 0.717) is 97.0 Å². The molecule has 0 saturated carbocycles. The fourth-order valence-corrected chi connectivity index (χ4v) is 4.45. The van der Waals surface area contributed by atoms with E-state index in [9.17, 15) is 19.8 Å². The van der Waals surface area contributed by atoms with Crippen molar-refractivity contribution >= 4 is 17.7 Å². The van der Waals surface area contributed by atoms with Gasteiger partial charge in [-0.3, -0.25) is 9.80 Å². The van der Waals surface area contributed by atoms with Gasteiger partial charge in [0.15, 0.2) is 0 Å². The number of ether oxygens (including phenoxy) is 4. The average molecular weight is 591 g/mol. The highest BCUT2D eigenvalue weighted by Crippen LogP contribution is 2.19. The first kappa shape index (κ1) is 35.2. The highest BCUT2D eigenvalue weighted by molar-refractivity contribution is 6.40. The van der Waals surface area contributed by atoms with Crippen molar-refractivity contribution in [2.24, 2.45) is 4.99 Å². The van der Waals surface area contributed by atoms with Gasteiger partial charge in [-0.2, -0.15) is 0 Å². The molecule has 1 aromatic rings. The molecule has 0 aliphatic carbocycles. The summed E-state index contributed by atoms with van der Waals surface area (Å²) in [7, 11) is 0. The molecule has 1 fully saturated rings. The predicted octanol–water partition coefficient (Wildman–Crippen LogP) is 2.75. The number of aliphatic carboxylic acids is 1. The Morgan fingerprint density at radius 2 is 1.55 bits per heavy atom. The number of rotatable bonds is 10. The number of carbonyl (C=O) groups is 2. The van der Waals surface area contributed by atoms with Crippen molar-refractivity contribution in [3.05, 3.63) is 54.0 Å². The highest BCUT2D eigenvalue weighted by atomic mass is 16.5. The zero-order valence-corrected chi connectivity index (χ0v) is 24.9. The van der Waals surface area contributed by atoms with Crippen molar-refractivity contribution in [2.75, 3.05) is 79.0 Å². The number of aromatic carboxylic acids is 1. The number of aromatic nitrogens is 1. The van der Waals surface area contributed by atoms with E-state index in [2.05, 4.69) is 33.3 Å². The minimum Gasteiger partial charge on any atom is -0.477 e. The van der Waals surface area contributed by atoms with Gasteiger partial charge in [-0.1, -0.05) is 32.1 Å². The van der Waals surface area contributed by atoms with E-state index in [1.54, 1.807) is 6.07 Å². The lowest BCUT2D eigenvalue weighted by atomic mass is 10.1. The summed E-state index contributed by atoms with van der Waals surface area (Å²) < 4.78 is 23.4. The Labute approximate surface area is 248 Å². The number of nitrogens with zero attached hydrogens (tertiary/aromatic N) is 4. The van der Waals surface area contributed by atoms with Gasteiger partial charge in [-0.15, -0.1) is 0 Å². The molecule has 0 bridgehead atoms. The highest BCUT2D eigenvalue weighted by Gasteiger charge is 2.22. The van der Waals surface area contributed by atoms with E-state index in [-0.39, 0.29) is 17.4 Å². The minimum atomic E-state index is -1.11. The van der Waals surface area contributed by atoms with Crippen LogP contribution in [-0.2, 0) is 30.3 Å². The Hall–Kier alpha value is -3.00. The smallest absolute Gasteiger partial charge is 0.354 e. The third-order valence-electron chi connectivity index (χ3n) is 6.61. The zero-order valence-electron chi connectivity index (χ0n) is 24.9. The van der Waals surface area contributed by atoms with Gasteiger partial charge in [0.2, 0.25) is 0 Å². The van der Waals surface area contributed by atoms with Gasteiger partial charge >= 0.3 is 11.9 Å². The van der Waals surface area contributed by atoms with Gasteiger partial charge < -0.3 is 29.2 Å². The molecule has 2 heterocycles. The second-order valence-electron chi connectivity index (χ2n) is 9.61. The first-order chi connectivity index (χ1) is 20.4. The molecule has 0 amide bonds. The summed E-state index contributed by atoms with van der Waals surface area (Å²) in [5.41, 5.74) is 1.28. The van der Waals surface area contributed by atoms with Crippen LogP contribution in [-0.4, -0.2) is 128 Å². The van der Waals surface area contributed by atoms with Gasteiger partial charge in [0.1, 0.15) is 11.4 Å². The number of hydrogen-bond donors (Lipinski definition) is 2. The zero-order chi connectivity index (χ0) is 30.6. The molecule has 2 N–H and O–H groups in total. The van der Waals surface area contributed by atoms with Gasteiger partial charge in [0.25, 0.3) is 0 Å². The molecule has 42 heavy (non-hydrogen) atoms. The number of pyridine rings is 1. The van der Waals surface area contributed by atoms with E-state index in [0.717, 1.165) is 12.8 Å². The summed E-state index contributed by atoms with van der Waals surface area (Å²) in [6, 6.07) is 4.89. The summed E-state index contributed by atoms with van der Waals surface area (Å²) in [5, 5.41) is 18.7. The first-order valence-electron chi connectivity index (χ1n) is 14.5. The molecule has 1 aromatic heterocycles. The molecule has 1 unspecified atom stereocenters. The van der Waals surface area contributed by atoms with Gasteiger partial charge in [0, 0.05) is 32.7 Å². The summed E-state index contributed by atoms with van der Waals surface area (Å²) in [5.74, 6) is -2.17. The molecule has 0 aromatic carbocycles. The maximum absolute atomic E-state index is 11.6. The lowest BCUT2D eigenvalue weighted by Gasteiger charge is -2.32. The number of aliphatic imine (C=N–C) groups is 1. The predicted molar refractivity (Wildman–Crippen MR) is 159 cm³/mol. The van der Waals surface area contributed by atoms with Crippen LogP contribution in [0.5, 0.6) is 0 Å². The molecule has 12 heteroatoms. The molecule has 1 aliphatic heterocycles. The molecule has 1 atom stereocenters. The average Bonchev–Trinajstić information content (AvgIpc) is 2.97. The second-order valence-corrected chi connectivity index (χ2v) is 9.61. The van der Waals surface area contributed by atoms with E-state index in [1.807, 2.05) is 19.1 Å². The molecule has 1 saturated heterocycles. The van der Waals surface area contributed by atoms with E-state index < -0.39 is 11.9 Å². The molecule has 1 aliphatic rings. The van der Waals surface area contributed by atoms with Gasteiger partial charge in [0.05, 0.1) is 70.3 Å². The summed E-state index contributed by atoms with van der Waals surface area (Å²) >= 11 is 0. The monoisotopic (exact) mass is 590 g/mol. The van der Waals surface area contributed by atoms with Crippen LogP contribution in [0.3, 0.4) is 0 Å². The molecule has 234 valence electrons. The lowest BCUT2D eigenvalue weighted by molar-refractivity contribution is -0.129. The Morgan fingerprint density at radius 3 is 2.02 bits per heavy atom. The van der Waals surface area contributed by atoms with Crippen LogP contribution in [0.2, 0.25) is 0 Å². The largest absolute Gasteiger partial charge is 0.477 e. The van der Waals surface area contributed by atoms with Crippen LogP contribution >= 0.6 is 0 Å². The van der Waals surface area contributed by atoms with Crippen molar-refractivity contribution in [2.45, 2.75) is 39.3 Å². The number of carboxylic acid groups (broad SMARTS) is 2. The molecule has 0 spiro atoms. The van der Waals surface area contributed by atoms with Crippen LogP contribution in [0.25, 0.3) is 0 Å². The van der Waals surface area contributed by atoms with Crippen molar-refractivity contribution < 1.29 is 38.7 Å². The number of carboxylic acids is 2. The fraction of sp³-hybridized carbons (Fsp3) is 0.600. The maximum Gasteiger partial charge on any atom is 0.354 e. The number of allylic oxidation sites excluding steroid dienone is 1. The van der Waals surface area contributed by atoms with Gasteiger partial charge in [-0.05, 0) is 31.6 Å². The Bertz CT molecular complexity index is 1010. The quantitative estimate of drug-likeness (QED) is 0.388. The minimum absolute atomic E-state index is 0.0201. The van der Waals surface area contributed by atoms with Crippen LogP contribution in [0.1, 0.15) is 42.9 Å². The lowest BCUT2D eigenvalue weighted by Crippen LogP contribution is -2.41. The van der Waals surface area contributed by atoms with Crippen LogP contribution < -0.4 is 0 Å². The molecular weight excluding hydrogens is 544 g/mol. The molecule has 12 nitrogen and oxygen atoms in total. The third-order valence-corrected chi connectivity index (χ3v) is 6.61.